The Bertz CT molecular complexity index is 4300. The van der Waals surface area contributed by atoms with Crippen molar-refractivity contribution in [2.75, 3.05) is 26.2 Å². The Morgan fingerprint density at radius 1 is 0.286 bits per heavy atom. The Morgan fingerprint density at radius 2 is 0.492 bits per heavy atom. The Morgan fingerprint density at radius 3 is 0.746 bits per heavy atom. The summed E-state index contributed by atoms with van der Waals surface area (Å²) >= 11 is 0. The van der Waals surface area contributed by atoms with E-state index in [9.17, 15) is 82.8 Å². The molecule has 0 saturated carbocycles. The van der Waals surface area contributed by atoms with Crippen LogP contribution in [-0.2, 0) is 88.0 Å². The maximum absolute atomic E-state index is 14.9. The van der Waals surface area contributed by atoms with E-state index in [1.807, 2.05) is 0 Å². The molecule has 126 heavy (non-hydrogen) atoms. The number of hydrogen-bond acceptors (Lipinski definition) is 22. The minimum atomic E-state index is -1.54. The molecule has 12 atom stereocenters. The summed E-state index contributed by atoms with van der Waals surface area (Å²) in [5, 5.41) is 111. The molecule has 43 heteroatoms. The molecule has 13 amide bonds. The highest BCUT2D eigenvalue weighted by atomic mass is 16.3. The van der Waals surface area contributed by atoms with E-state index in [2.05, 4.69) is 79.8 Å². The van der Waals surface area contributed by atoms with Crippen LogP contribution in [0.5, 0.6) is 23.0 Å². The van der Waals surface area contributed by atoms with Gasteiger partial charge in [-0.1, -0.05) is 96.0 Å². The van der Waals surface area contributed by atoms with E-state index in [1.54, 1.807) is 27.7 Å². The lowest BCUT2D eigenvalue weighted by Gasteiger charge is -2.28. The SMILES string of the molecule is CCC(=O)N[C@@H](CCCC[C@H](N)C(=O)N[C@@H](Cc1ccc(O)cc1)C(=O)N[C@@H](CCCNC(=N)N)C(=O)N[C@@H](CC(C)C)C(=O)N[C@@H](CCCNC(=N)N)C(=O)N[C@@H](Cc1ccc(O)cc1)C(N)=O)C(=O)N[C@@H](Cc1ccc(O)cc1)C(=O)N[C@@H](CCCNC(=N)N)C(=O)N[C@@H](CC(C)C)C(=O)N[C@@H](CCCNC(=N)N)C(=O)N[C@@H](Cc1ccc(O)cc1)C(N)=O. The number of nitrogens with two attached hydrogens (primary N) is 7. The number of amides is 13. The highest BCUT2D eigenvalue weighted by Crippen LogP contribution is 2.20. The van der Waals surface area contributed by atoms with Gasteiger partial charge in [-0.2, -0.15) is 0 Å². The van der Waals surface area contributed by atoms with Crippen molar-refractivity contribution in [3.63, 3.8) is 0 Å². The predicted octanol–water partition coefficient (Wildman–Crippen LogP) is -3.47. The fraction of sp³-hybridized carbons (Fsp3) is 0.506. The van der Waals surface area contributed by atoms with E-state index in [1.165, 1.54) is 104 Å². The molecule has 0 heterocycles. The number of aromatic hydroxyl groups is 4. The number of guanidine groups is 4. The summed E-state index contributed by atoms with van der Waals surface area (Å²) in [6.07, 6.45) is -0.904. The lowest BCUT2D eigenvalue weighted by atomic mass is 10.00. The van der Waals surface area contributed by atoms with Crippen LogP contribution in [-0.4, -0.2) is 220 Å². The molecule has 0 saturated heterocycles. The molecule has 0 unspecified atom stereocenters. The first-order valence-corrected chi connectivity index (χ1v) is 41.7. The van der Waals surface area contributed by atoms with Crippen molar-refractivity contribution in [2.45, 2.75) is 229 Å². The van der Waals surface area contributed by atoms with Gasteiger partial charge in [0.25, 0.3) is 0 Å². The van der Waals surface area contributed by atoms with Crippen LogP contribution in [0.3, 0.4) is 0 Å². The van der Waals surface area contributed by atoms with Gasteiger partial charge in [0.05, 0.1) is 6.04 Å². The Hall–Kier alpha value is -13.8. The van der Waals surface area contributed by atoms with Crippen LogP contribution in [0.1, 0.15) is 153 Å². The molecule has 0 bridgehead atoms. The first-order valence-electron chi connectivity index (χ1n) is 41.7. The molecule has 692 valence electrons. The van der Waals surface area contributed by atoms with E-state index in [0.29, 0.717) is 22.3 Å². The van der Waals surface area contributed by atoms with Crippen LogP contribution in [0.15, 0.2) is 97.1 Å². The van der Waals surface area contributed by atoms with Gasteiger partial charge in [0.15, 0.2) is 23.8 Å². The number of carbonyl (C=O) groups is 13. The molecular weight excluding hydrogens is 1630 g/mol. The van der Waals surface area contributed by atoms with Crippen LogP contribution in [0, 0.1) is 33.5 Å². The first-order chi connectivity index (χ1) is 59.6. The summed E-state index contributed by atoms with van der Waals surface area (Å²) in [6, 6.07) is 6.08. The number of phenols is 4. The fourth-order valence-electron chi connectivity index (χ4n) is 13.1. The minimum Gasteiger partial charge on any atom is -0.508 e. The number of hydrogen-bond donors (Lipinski definition) is 30. The molecule has 43 nitrogen and oxygen atoms in total. The summed E-state index contributed by atoms with van der Waals surface area (Å²) in [5.41, 5.74) is 42.0. The number of nitrogens with one attached hydrogen (secondary N) is 19. The van der Waals surface area contributed by atoms with Crippen LogP contribution in [0.2, 0.25) is 0 Å². The first kappa shape index (κ1) is 105. The normalized spacial score (nSPS) is 13.9. The van der Waals surface area contributed by atoms with Crippen molar-refractivity contribution in [2.24, 2.45) is 52.0 Å². The van der Waals surface area contributed by atoms with E-state index >= 15 is 0 Å². The summed E-state index contributed by atoms with van der Waals surface area (Å²) in [4.78, 5) is 184. The molecule has 0 aliphatic carbocycles. The van der Waals surface area contributed by atoms with Gasteiger partial charge in [-0.3, -0.25) is 84.0 Å². The summed E-state index contributed by atoms with van der Waals surface area (Å²) < 4.78 is 0. The van der Waals surface area contributed by atoms with Crippen molar-refractivity contribution in [3.05, 3.63) is 119 Å². The van der Waals surface area contributed by atoms with Crippen LogP contribution >= 0.6 is 0 Å². The Balaban J connectivity index is 1.61. The molecule has 0 aliphatic heterocycles. The predicted molar refractivity (Wildman–Crippen MR) is 469 cm³/mol. The molecule has 4 rings (SSSR count). The standard InChI is InChI=1S/C83H128N26O17/c1-6-67(114)99-56(71(118)109-66(44-50-25-33-54(113)34-26-50)79(126)103-60(18-12-38-98-83(93)94)75(122)108-64(40-46(4)5)77(124)101-58(16-10-36-96-81(89)90)73(120)105-62(69(86)116)42-48-21-29-52(111)30-22-48)14-8-7-13-55(84)70(117)106-65(43-49-23-31-53(112)32-24-49)78(125)102-59(17-11-37-97-82(91)92)74(121)107-63(39-45(2)3)76(123)100-57(15-9-35-95-80(87)88)72(119)104-61(68(85)115)41-47-19-27-51(110)28-20-47/h19-34,45-46,55-66,110-113H,6-18,35-44,84H2,1-5H3,(H2,85,115)(H2,86,116)(H,99,114)(H,100,123)(H,101,124)(H,102,125)(H,103,126)(H,104,119)(H,105,120)(H,106,117)(H,107,121)(H,108,122)(H,109,118)(H4,87,88,95)(H4,89,90,96)(H4,91,92,97)(H4,93,94,98)/t55-,56-,57-,58-,59-,60-,61-,62-,63-,64-,65-,66-/m0/s1. The molecule has 0 spiro atoms. The average molecular weight is 1760 g/mol. The average Bonchev–Trinajstić information content (AvgIpc) is 0.854. The molecule has 4 aromatic rings. The van der Waals surface area contributed by atoms with Gasteiger partial charge in [0.2, 0.25) is 76.8 Å². The highest BCUT2D eigenvalue weighted by molar-refractivity contribution is 5.99. The van der Waals surface area contributed by atoms with Gasteiger partial charge in [0.1, 0.15) is 89.5 Å². The summed E-state index contributed by atoms with van der Waals surface area (Å²) in [5.74, 6) is -13.6. The fourth-order valence-corrected chi connectivity index (χ4v) is 13.1. The lowest BCUT2D eigenvalue weighted by Crippen LogP contribution is -2.60. The van der Waals surface area contributed by atoms with Crippen molar-refractivity contribution < 1.29 is 82.8 Å². The second-order valence-electron chi connectivity index (χ2n) is 31.5. The van der Waals surface area contributed by atoms with Crippen molar-refractivity contribution in [3.8, 4) is 23.0 Å². The molecule has 0 radical (unpaired) electrons. The van der Waals surface area contributed by atoms with Gasteiger partial charge in [0, 0.05) is 58.3 Å². The number of phenolic OH excluding ortho intramolecular Hbond substituents is 4. The van der Waals surface area contributed by atoms with Crippen molar-refractivity contribution in [1.29, 1.82) is 21.6 Å². The number of carbonyl (C=O) groups excluding carboxylic acids is 13. The molecule has 37 N–H and O–H groups in total. The molecule has 0 aromatic heterocycles. The van der Waals surface area contributed by atoms with Gasteiger partial charge < -0.3 is 140 Å². The smallest absolute Gasteiger partial charge is 0.243 e. The Kier molecular flexibility index (Phi) is 45.4. The molecule has 4 aromatic carbocycles. The van der Waals surface area contributed by atoms with Gasteiger partial charge in [-0.05, 0) is 160 Å². The largest absolute Gasteiger partial charge is 0.508 e. The topological polar surface area (TPSA) is 761 Å². The summed E-state index contributed by atoms with van der Waals surface area (Å²) in [7, 11) is 0. The molecule has 0 fully saturated rings. The van der Waals surface area contributed by atoms with Gasteiger partial charge in [-0.25, -0.2) is 0 Å². The second kappa shape index (κ2) is 54.7. The monoisotopic (exact) mass is 1760 g/mol. The number of rotatable bonds is 57. The Labute approximate surface area is 731 Å². The second-order valence-corrected chi connectivity index (χ2v) is 31.5. The number of benzene rings is 4. The van der Waals surface area contributed by atoms with Gasteiger partial charge >= 0.3 is 0 Å². The van der Waals surface area contributed by atoms with Crippen LogP contribution < -0.4 is 120 Å². The number of unbranched alkanes of at least 4 members (excludes halogenated alkanes) is 1. The maximum Gasteiger partial charge on any atom is 0.243 e. The lowest BCUT2D eigenvalue weighted by molar-refractivity contribution is -0.135. The van der Waals surface area contributed by atoms with E-state index in [4.69, 9.17) is 61.8 Å². The van der Waals surface area contributed by atoms with E-state index in [-0.39, 0.29) is 195 Å². The van der Waals surface area contributed by atoms with Crippen LogP contribution in [0.25, 0.3) is 0 Å². The van der Waals surface area contributed by atoms with E-state index in [0.717, 1.165) is 0 Å². The maximum atomic E-state index is 14.9. The van der Waals surface area contributed by atoms with Crippen LogP contribution in [0.4, 0.5) is 0 Å². The van der Waals surface area contributed by atoms with Gasteiger partial charge in [-0.15, -0.1) is 0 Å². The molecule has 0 aliphatic rings. The highest BCUT2D eigenvalue weighted by Gasteiger charge is 2.37. The zero-order valence-electron chi connectivity index (χ0n) is 71.7. The zero-order chi connectivity index (χ0) is 93.7. The minimum absolute atomic E-state index is 0.0199. The number of primary amides is 2. The summed E-state index contributed by atoms with van der Waals surface area (Å²) in [6.45, 7) is 8.80. The zero-order valence-corrected chi connectivity index (χ0v) is 71.7. The van der Waals surface area contributed by atoms with Crippen molar-refractivity contribution in [1.82, 2.24) is 79.8 Å². The quantitative estimate of drug-likeness (QED) is 0.0116. The van der Waals surface area contributed by atoms with E-state index < -0.39 is 161 Å². The third-order valence-electron chi connectivity index (χ3n) is 19.8. The van der Waals surface area contributed by atoms with Crippen molar-refractivity contribution >= 4 is 101 Å². The molecular formula is C83H128N26O17. The third kappa shape index (κ3) is 40.9. The third-order valence-corrected chi connectivity index (χ3v) is 19.8.